The van der Waals surface area contributed by atoms with Crippen molar-refractivity contribution in [3.63, 3.8) is 0 Å². The first kappa shape index (κ1) is 67.8. The molecule has 19 aromatic rings. The number of benzene rings is 11. The third kappa shape index (κ3) is 13.8. The van der Waals surface area contributed by atoms with Crippen LogP contribution in [0.4, 0.5) is 23.3 Å². The maximum atomic E-state index is 8.04. The van der Waals surface area contributed by atoms with Gasteiger partial charge in [-0.05, 0) is 119 Å². The third-order valence-corrected chi connectivity index (χ3v) is 20.0. The predicted molar refractivity (Wildman–Crippen MR) is 441 cm³/mol. The average Bonchev–Trinajstić information content (AvgIpc) is 1.56. The van der Waals surface area contributed by atoms with Crippen molar-refractivity contribution in [3.05, 3.63) is 353 Å². The Hall–Kier alpha value is -12.1. The van der Waals surface area contributed by atoms with Crippen molar-refractivity contribution in [3.8, 4) is 73.2 Å². The van der Waals surface area contributed by atoms with Gasteiger partial charge in [0.15, 0.2) is 11.9 Å². The Morgan fingerprint density at radius 2 is 0.938 bits per heavy atom. The first-order valence-corrected chi connectivity index (χ1v) is 36.3. The van der Waals surface area contributed by atoms with Gasteiger partial charge >= 0.3 is 21.1 Å². The summed E-state index contributed by atoms with van der Waals surface area (Å²) in [5.41, 5.74) is 23.5. The van der Waals surface area contributed by atoms with E-state index in [1.807, 2.05) is 163 Å². The van der Waals surface area contributed by atoms with Crippen molar-refractivity contribution in [2.24, 2.45) is 0 Å². The Morgan fingerprint density at radius 1 is 0.416 bits per heavy atom. The van der Waals surface area contributed by atoms with Crippen molar-refractivity contribution >= 4 is 84.0 Å². The Balaban J connectivity index is 0.000000138. The van der Waals surface area contributed by atoms with Gasteiger partial charge in [0.1, 0.15) is 0 Å². The SMILES string of the molecule is CC(C)c1cccc(C(C)C)c1-c1cnn(-c2[c-]c(-n3c4[c-]c(-n5c6ccccc6n6c7ccccc7nc56)ccc4c4ccccc43)ccc2)c1.[2H]C([2H])([2H])N1[CH-]N(c2[c-]c(-c3cccc(-c4[c-]cccc4)n3)ccc2)c2nc3ccccc3n21.[2H]C([2H])([2H])N1[CH-]N(c2[c-]c(-c3cccc(-c4[c-]cccc4)n3)ccc2)c2nccn21.[Pt+2].[Pt].[Pt]. The monoisotopic (exact) mass is 2010 g/mol. The summed E-state index contributed by atoms with van der Waals surface area (Å²) in [6.45, 7) is 7.38. The van der Waals surface area contributed by atoms with Crippen LogP contribution in [0.15, 0.2) is 292 Å². The number of fused-ring (bicyclic) bond motifs is 12. The van der Waals surface area contributed by atoms with E-state index in [1.54, 1.807) is 33.5 Å². The van der Waals surface area contributed by atoms with Gasteiger partial charge in [-0.2, -0.15) is 17.2 Å². The third-order valence-electron chi connectivity index (χ3n) is 20.0. The zero-order valence-electron chi connectivity index (χ0n) is 67.1. The van der Waals surface area contributed by atoms with Crippen LogP contribution in [-0.4, -0.2) is 71.5 Å². The molecule has 562 valence electrons. The summed E-state index contributed by atoms with van der Waals surface area (Å²) in [6.07, 6.45) is 7.33. The van der Waals surface area contributed by atoms with E-state index in [0.717, 1.165) is 123 Å². The van der Waals surface area contributed by atoms with Gasteiger partial charge < -0.3 is 38.9 Å². The van der Waals surface area contributed by atoms with Gasteiger partial charge in [0.25, 0.3) is 0 Å². The van der Waals surface area contributed by atoms with Gasteiger partial charge in [-0.15, -0.1) is 181 Å². The zero-order valence-corrected chi connectivity index (χ0v) is 67.9. The second-order valence-corrected chi connectivity index (χ2v) is 27.4. The van der Waals surface area contributed by atoms with Crippen LogP contribution in [0.3, 0.4) is 0 Å². The largest absolute Gasteiger partial charge is 2.00 e. The normalized spacial score (nSPS) is 13.3. The molecular weight excluding hydrogens is 1940 g/mol. The summed E-state index contributed by atoms with van der Waals surface area (Å²) in [5.74, 6) is 2.64. The van der Waals surface area contributed by atoms with E-state index in [2.05, 4.69) is 204 Å². The Morgan fingerprint density at radius 3 is 1.58 bits per heavy atom. The topological polar surface area (TPSA) is 119 Å². The summed E-state index contributed by atoms with van der Waals surface area (Å²) in [5, 5.41) is 9.58. The molecule has 0 fully saturated rings. The van der Waals surface area contributed by atoms with Crippen LogP contribution in [0.1, 0.15) is 58.9 Å². The molecule has 0 saturated carbocycles. The fourth-order valence-corrected chi connectivity index (χ4v) is 14.9. The molecule has 21 rings (SSSR count). The molecule has 2 aliphatic rings. The number of para-hydroxylation sites is 7. The minimum atomic E-state index is -2.38. The second kappa shape index (κ2) is 31.6. The Kier molecular flexibility index (Phi) is 19.0. The quantitative estimate of drug-likeness (QED) is 0.109. The summed E-state index contributed by atoms with van der Waals surface area (Å²) in [6, 6.07) is 109. The zero-order chi connectivity index (χ0) is 79.1. The van der Waals surface area contributed by atoms with Crippen molar-refractivity contribution in [1.82, 2.24) is 57.6 Å². The fraction of sp³-hybridized carbons (Fsp3) is 0.0851. The smallest absolute Gasteiger partial charge is 0.458 e. The van der Waals surface area contributed by atoms with Gasteiger partial charge in [0.2, 0.25) is 5.78 Å². The molecule has 16 nitrogen and oxygen atoms in total. The maximum absolute atomic E-state index is 8.04. The van der Waals surface area contributed by atoms with E-state index in [1.165, 1.54) is 43.4 Å². The molecule has 8 aromatic heterocycles. The van der Waals surface area contributed by atoms with Crippen molar-refractivity contribution < 1.29 is 71.4 Å². The molecule has 0 spiro atoms. The molecule has 113 heavy (non-hydrogen) atoms. The number of pyridine rings is 2. The first-order valence-electron chi connectivity index (χ1n) is 39.3. The fourth-order valence-electron chi connectivity index (χ4n) is 14.9. The van der Waals surface area contributed by atoms with Crippen LogP contribution in [0.25, 0.3) is 134 Å². The second-order valence-electron chi connectivity index (χ2n) is 27.4. The summed E-state index contributed by atoms with van der Waals surface area (Å²) >= 11 is 0. The van der Waals surface area contributed by atoms with Crippen LogP contribution in [0, 0.1) is 49.7 Å². The molecule has 0 atom stereocenters. The number of aromatic nitrogens is 12. The Bertz CT molecular complexity index is 6900. The van der Waals surface area contributed by atoms with Gasteiger partial charge in [-0.3, -0.25) is 18.4 Å². The van der Waals surface area contributed by atoms with Crippen molar-refractivity contribution in [2.75, 3.05) is 33.8 Å². The molecule has 0 saturated heterocycles. The number of anilines is 4. The van der Waals surface area contributed by atoms with Crippen molar-refractivity contribution in [1.29, 1.82) is 0 Å². The average molecular weight is 2010 g/mol. The molecule has 0 bridgehead atoms. The van der Waals surface area contributed by atoms with Gasteiger partial charge in [-0.1, -0.05) is 165 Å². The maximum Gasteiger partial charge on any atom is 2.00 e. The van der Waals surface area contributed by atoms with E-state index in [9.17, 15) is 0 Å². The number of hydrogen-bond donors (Lipinski definition) is 0. The molecule has 0 radical (unpaired) electrons. The molecule has 10 heterocycles. The molecular formula is C94H70N16Pt3-6. The number of imidazole rings is 4. The van der Waals surface area contributed by atoms with Gasteiger partial charge in [0.05, 0.1) is 39.3 Å². The van der Waals surface area contributed by atoms with E-state index < -0.39 is 14.0 Å². The predicted octanol–water partition coefficient (Wildman–Crippen LogP) is 20.5. The number of hydrogen-bond acceptors (Lipinski definition) is 10. The molecule has 0 N–H and O–H groups in total. The molecule has 0 unspecified atom stereocenters. The molecule has 0 amide bonds. The first-order chi connectivity index (χ1) is 56.4. The van der Waals surface area contributed by atoms with E-state index in [0.29, 0.717) is 35.1 Å². The van der Waals surface area contributed by atoms with Crippen LogP contribution < -0.4 is 19.8 Å². The molecule has 11 aromatic carbocycles. The summed E-state index contributed by atoms with van der Waals surface area (Å²) in [7, 11) is 0. The van der Waals surface area contributed by atoms with Gasteiger partial charge in [-0.25, -0.2) is 15.0 Å². The minimum Gasteiger partial charge on any atom is -0.458 e. The molecule has 0 aliphatic carbocycles. The number of nitrogens with zero attached hydrogens (tertiary/aromatic N) is 16. The molecule has 19 heteroatoms. The van der Waals surface area contributed by atoms with Crippen LogP contribution in [0.5, 0.6) is 0 Å². The van der Waals surface area contributed by atoms with E-state index in [4.69, 9.17) is 33.3 Å². The van der Waals surface area contributed by atoms with Crippen LogP contribution >= 0.6 is 0 Å². The summed E-state index contributed by atoms with van der Waals surface area (Å²) in [4.78, 5) is 27.1. The van der Waals surface area contributed by atoms with Crippen LogP contribution in [0.2, 0.25) is 0 Å². The Labute approximate surface area is 706 Å². The minimum absolute atomic E-state index is 0. The van der Waals surface area contributed by atoms with Gasteiger partial charge in [0, 0.05) is 80.0 Å². The summed E-state index contributed by atoms with van der Waals surface area (Å²) < 4.78 is 59.2. The van der Waals surface area contributed by atoms with Crippen LogP contribution in [-0.2, 0) is 63.2 Å². The standard InChI is InChI=1S/C46H36N6.C26H18N5.C22H16N5.3Pt/c1-29(2)35-16-12-17-36(30(3)4)45(35)31-27-47-49(28-31)32-13-11-14-33(25-32)50-40-19-7-5-15-37(40)38-24-23-34(26-44(38)50)51-42-21-9-10-22-43(42)52-41-20-8-6-18-39(41)48-46(51)52;1-29-18-30(26-28-24-13-5-6-16-25(24)31(26)29)21-12-7-11-20(17-21)23-15-8-14-22(27-23)19-9-3-2-4-10-19;1-25-16-26(22-23-13-14-27(22)25)19-10-5-9-18(15-19)21-12-6-11-20(24-21)17-7-3-2-4-8-17;;;/h5-24,27-30H,1-4H3;2-9,11-16,18H,1H3;2-7,9-14,16H,1H3;;;/q-2;2*-3;;;+2/i;2*1D3;;;. The number of rotatable bonds is 12. The van der Waals surface area contributed by atoms with E-state index in [-0.39, 0.29) is 63.2 Å². The van der Waals surface area contributed by atoms with E-state index >= 15 is 0 Å². The molecule has 2 aliphatic heterocycles. The van der Waals surface area contributed by atoms with Crippen molar-refractivity contribution in [2.45, 2.75) is 39.5 Å².